The molecule has 0 aliphatic carbocycles. The number of benzene rings is 2. The first-order chi connectivity index (χ1) is 12.6. The summed E-state index contributed by atoms with van der Waals surface area (Å²) in [5, 5.41) is 9.75. The number of hydrogen-bond acceptors (Lipinski definition) is 4. The molecule has 1 aromatic heterocycles. The molecule has 134 valence electrons. The fraction of sp³-hybridized carbons (Fsp3) is 0.211. The van der Waals surface area contributed by atoms with Crippen LogP contribution in [-0.4, -0.2) is 32.9 Å². The summed E-state index contributed by atoms with van der Waals surface area (Å²) in [5.41, 5.74) is 1.53. The van der Waals surface area contributed by atoms with Crippen LogP contribution in [0.4, 0.5) is 4.39 Å². The van der Waals surface area contributed by atoms with Gasteiger partial charge in [-0.25, -0.2) is 9.37 Å². The molecule has 1 heterocycles. The molecule has 0 aliphatic heterocycles. The van der Waals surface area contributed by atoms with Crippen LogP contribution in [0, 0.1) is 5.82 Å². The second-order valence-corrected chi connectivity index (χ2v) is 7.04. The van der Waals surface area contributed by atoms with E-state index in [1.807, 2.05) is 30.3 Å². The van der Waals surface area contributed by atoms with Gasteiger partial charge in [0.2, 0.25) is 11.1 Å². The van der Waals surface area contributed by atoms with E-state index in [4.69, 9.17) is 0 Å². The Morgan fingerprint density at radius 2 is 1.92 bits per heavy atom. The molecule has 0 unspecified atom stereocenters. The second-order valence-electron chi connectivity index (χ2n) is 5.73. The van der Waals surface area contributed by atoms with Crippen LogP contribution >= 0.6 is 11.8 Å². The molecule has 3 rings (SSSR count). The fourth-order valence-corrected chi connectivity index (χ4v) is 3.15. The number of amides is 1. The maximum Gasteiger partial charge on any atom is 0.233 e. The maximum absolute atomic E-state index is 13.8. The van der Waals surface area contributed by atoms with E-state index in [1.54, 1.807) is 25.1 Å². The fourth-order valence-electron chi connectivity index (χ4n) is 2.40. The molecular formula is C19H19FN4OS. The summed E-state index contributed by atoms with van der Waals surface area (Å²) in [6, 6.07) is 16.3. The van der Waals surface area contributed by atoms with Gasteiger partial charge < -0.3 is 5.32 Å². The van der Waals surface area contributed by atoms with Gasteiger partial charge in [-0.05, 0) is 31.0 Å². The van der Waals surface area contributed by atoms with Crippen molar-refractivity contribution in [1.29, 1.82) is 0 Å². The molecule has 0 fully saturated rings. The Hall–Kier alpha value is -2.67. The minimum atomic E-state index is -0.369. The van der Waals surface area contributed by atoms with Gasteiger partial charge in [0.1, 0.15) is 5.82 Å². The van der Waals surface area contributed by atoms with Crippen molar-refractivity contribution in [3.63, 3.8) is 0 Å². The maximum atomic E-state index is 13.8. The van der Waals surface area contributed by atoms with E-state index >= 15 is 0 Å². The highest BCUT2D eigenvalue weighted by molar-refractivity contribution is 8.00. The first-order valence-electron chi connectivity index (χ1n) is 8.29. The number of H-pyrrole nitrogens is 1. The van der Waals surface area contributed by atoms with Crippen LogP contribution < -0.4 is 5.32 Å². The van der Waals surface area contributed by atoms with E-state index in [1.165, 1.54) is 23.4 Å². The molecule has 0 saturated carbocycles. The van der Waals surface area contributed by atoms with Crippen LogP contribution in [0.15, 0.2) is 59.8 Å². The number of rotatable bonds is 7. The Morgan fingerprint density at radius 1 is 1.19 bits per heavy atom. The van der Waals surface area contributed by atoms with Crippen molar-refractivity contribution in [3.8, 4) is 11.4 Å². The summed E-state index contributed by atoms with van der Waals surface area (Å²) in [6.07, 6.45) is 0.780. The Labute approximate surface area is 155 Å². The summed E-state index contributed by atoms with van der Waals surface area (Å²) in [6.45, 7) is 2.36. The number of nitrogens with zero attached hydrogens (tertiary/aromatic N) is 2. The van der Waals surface area contributed by atoms with Crippen molar-refractivity contribution in [3.05, 3.63) is 66.0 Å². The van der Waals surface area contributed by atoms with Crippen LogP contribution in [0.5, 0.6) is 0 Å². The number of carbonyl (C=O) groups excluding carboxylic acids is 1. The number of nitrogens with one attached hydrogen (secondary N) is 2. The number of thioether (sulfide) groups is 1. The van der Waals surface area contributed by atoms with Crippen molar-refractivity contribution in [1.82, 2.24) is 20.5 Å². The Balaban J connectivity index is 1.52. The molecule has 2 N–H and O–H groups in total. The average Bonchev–Trinajstić information content (AvgIpc) is 3.11. The average molecular weight is 370 g/mol. The van der Waals surface area contributed by atoms with Gasteiger partial charge in [0, 0.05) is 6.54 Å². The minimum Gasteiger partial charge on any atom is -0.355 e. The van der Waals surface area contributed by atoms with Crippen LogP contribution in [-0.2, 0) is 11.2 Å². The van der Waals surface area contributed by atoms with Gasteiger partial charge in [-0.2, -0.15) is 0 Å². The van der Waals surface area contributed by atoms with Crippen molar-refractivity contribution >= 4 is 17.7 Å². The summed E-state index contributed by atoms with van der Waals surface area (Å²) < 4.78 is 13.8. The van der Waals surface area contributed by atoms with E-state index in [9.17, 15) is 9.18 Å². The van der Waals surface area contributed by atoms with Gasteiger partial charge in [-0.3, -0.25) is 9.89 Å². The lowest BCUT2D eigenvalue weighted by Gasteiger charge is -2.10. The van der Waals surface area contributed by atoms with Crippen molar-refractivity contribution in [2.75, 3.05) is 6.54 Å². The van der Waals surface area contributed by atoms with E-state index in [-0.39, 0.29) is 17.0 Å². The molecule has 0 bridgehead atoms. The second kappa shape index (κ2) is 8.62. The summed E-state index contributed by atoms with van der Waals surface area (Å²) in [5.74, 6) is -0.0997. The van der Waals surface area contributed by atoms with E-state index in [2.05, 4.69) is 20.5 Å². The van der Waals surface area contributed by atoms with Gasteiger partial charge in [-0.1, -0.05) is 54.2 Å². The van der Waals surface area contributed by atoms with Crippen LogP contribution in [0.25, 0.3) is 11.4 Å². The third kappa shape index (κ3) is 4.70. The minimum absolute atomic E-state index is 0.0804. The predicted octanol–water partition coefficient (Wildman–Crippen LogP) is 3.45. The highest BCUT2D eigenvalue weighted by Gasteiger charge is 2.17. The zero-order chi connectivity index (χ0) is 18.4. The standard InChI is InChI=1S/C19H19FN4OS/c1-13(18(25)21-12-11-14-7-3-2-4-8-14)26-19-22-17(23-24-19)15-9-5-6-10-16(15)20/h2-10,13H,11-12H2,1H3,(H,21,25)(H,22,23,24)/t13-/m1/s1. The lowest BCUT2D eigenvalue weighted by molar-refractivity contribution is -0.120. The zero-order valence-corrected chi connectivity index (χ0v) is 15.1. The number of hydrogen-bond donors (Lipinski definition) is 2. The summed E-state index contributed by atoms with van der Waals surface area (Å²) in [4.78, 5) is 16.5. The molecule has 0 spiro atoms. The molecule has 5 nitrogen and oxygen atoms in total. The first kappa shape index (κ1) is 18.1. The van der Waals surface area contributed by atoms with E-state index < -0.39 is 0 Å². The normalized spacial score (nSPS) is 11.9. The molecule has 1 amide bonds. The first-order valence-corrected chi connectivity index (χ1v) is 9.17. The lowest BCUT2D eigenvalue weighted by atomic mass is 10.1. The van der Waals surface area contributed by atoms with Gasteiger partial charge >= 0.3 is 0 Å². The number of halogens is 1. The topological polar surface area (TPSA) is 70.7 Å². The number of carbonyl (C=O) groups is 1. The summed E-state index contributed by atoms with van der Waals surface area (Å²) in [7, 11) is 0. The molecule has 26 heavy (non-hydrogen) atoms. The van der Waals surface area contributed by atoms with Crippen molar-refractivity contribution in [2.45, 2.75) is 23.8 Å². The molecule has 2 aromatic carbocycles. The Morgan fingerprint density at radius 3 is 2.69 bits per heavy atom. The highest BCUT2D eigenvalue weighted by Crippen LogP contribution is 2.24. The van der Waals surface area contributed by atoms with E-state index in [0.29, 0.717) is 23.1 Å². The molecule has 1 atom stereocenters. The number of aromatic nitrogens is 3. The number of aromatic amines is 1. The smallest absolute Gasteiger partial charge is 0.233 e. The molecule has 0 aliphatic rings. The van der Waals surface area contributed by atoms with E-state index in [0.717, 1.165) is 6.42 Å². The highest BCUT2D eigenvalue weighted by atomic mass is 32.2. The van der Waals surface area contributed by atoms with Gasteiger partial charge in [0.25, 0.3) is 0 Å². The lowest BCUT2D eigenvalue weighted by Crippen LogP contribution is -2.32. The quantitative estimate of drug-likeness (QED) is 0.625. The van der Waals surface area contributed by atoms with Crippen LogP contribution in [0.1, 0.15) is 12.5 Å². The third-order valence-electron chi connectivity index (χ3n) is 3.80. The Kier molecular flexibility index (Phi) is 6.01. The van der Waals surface area contributed by atoms with Crippen molar-refractivity contribution < 1.29 is 9.18 Å². The monoisotopic (exact) mass is 370 g/mol. The molecule has 7 heteroatoms. The third-order valence-corrected chi connectivity index (χ3v) is 4.76. The van der Waals surface area contributed by atoms with Gasteiger partial charge in [0.15, 0.2) is 5.82 Å². The molecule has 3 aromatic rings. The molecular weight excluding hydrogens is 351 g/mol. The van der Waals surface area contributed by atoms with Crippen molar-refractivity contribution in [2.24, 2.45) is 0 Å². The Bertz CT molecular complexity index is 869. The van der Waals surface area contributed by atoms with Gasteiger partial charge in [-0.15, -0.1) is 5.10 Å². The SMILES string of the molecule is C[C@@H](Sc1n[nH]c(-c2ccccc2F)n1)C(=O)NCCc1ccccc1. The zero-order valence-electron chi connectivity index (χ0n) is 14.3. The van der Waals surface area contributed by atoms with Crippen LogP contribution in [0.2, 0.25) is 0 Å². The molecule has 0 radical (unpaired) electrons. The van der Waals surface area contributed by atoms with Gasteiger partial charge in [0.05, 0.1) is 10.8 Å². The molecule has 0 saturated heterocycles. The largest absolute Gasteiger partial charge is 0.355 e. The predicted molar refractivity (Wildman–Crippen MR) is 100 cm³/mol. The summed E-state index contributed by atoms with van der Waals surface area (Å²) >= 11 is 1.23. The van der Waals surface area contributed by atoms with Crippen LogP contribution in [0.3, 0.4) is 0 Å².